The van der Waals surface area contributed by atoms with Crippen LogP contribution in [-0.2, 0) is 0 Å². The number of likely N-dealkylation sites (tertiary alicyclic amines) is 1. The highest BCUT2D eigenvalue weighted by atomic mass is 79.9. The summed E-state index contributed by atoms with van der Waals surface area (Å²) in [6.45, 7) is 1.18. The number of nitro groups is 1. The van der Waals surface area contributed by atoms with E-state index in [4.69, 9.17) is 11.6 Å². The van der Waals surface area contributed by atoms with Gasteiger partial charge in [0.25, 0.3) is 11.6 Å². The number of carbonyl (C=O) groups is 1. The van der Waals surface area contributed by atoms with E-state index in [1.807, 2.05) is 0 Å². The first-order valence-corrected chi connectivity index (χ1v) is 7.08. The molecule has 0 radical (unpaired) electrons. The van der Waals surface area contributed by atoms with Gasteiger partial charge in [-0.15, -0.1) is 11.6 Å². The zero-order chi connectivity index (χ0) is 14.0. The number of alkyl halides is 1. The van der Waals surface area contributed by atoms with Gasteiger partial charge in [0.05, 0.1) is 4.92 Å². The molecular weight excluding hydrogens is 336 g/mol. The molecule has 0 N–H and O–H groups in total. The average molecular weight is 348 g/mol. The topological polar surface area (TPSA) is 63.4 Å². The maximum atomic E-state index is 12.3. The van der Waals surface area contributed by atoms with Crippen molar-refractivity contribution >= 4 is 39.1 Å². The summed E-state index contributed by atoms with van der Waals surface area (Å²) in [5.74, 6) is -0.187. The number of benzene rings is 1. The SMILES string of the molecule is O=C(c1cc(Br)cc([N+](=O)[O-])c1)N1CCC(Cl)CC1. The molecule has 1 saturated heterocycles. The maximum Gasteiger partial charge on any atom is 0.271 e. The third-order valence-electron chi connectivity index (χ3n) is 3.05. The molecule has 1 aliphatic heterocycles. The summed E-state index contributed by atoms with van der Waals surface area (Å²) in [4.78, 5) is 24.2. The zero-order valence-corrected chi connectivity index (χ0v) is 12.4. The van der Waals surface area contributed by atoms with Gasteiger partial charge in [0.1, 0.15) is 0 Å². The molecule has 0 unspecified atom stereocenters. The highest BCUT2D eigenvalue weighted by Crippen LogP contribution is 2.24. The second-order valence-corrected chi connectivity index (χ2v) is 5.95. The van der Waals surface area contributed by atoms with Crippen molar-refractivity contribution in [3.63, 3.8) is 0 Å². The Hall–Kier alpha value is -1.14. The van der Waals surface area contributed by atoms with Gasteiger partial charge >= 0.3 is 0 Å². The van der Waals surface area contributed by atoms with Crippen molar-refractivity contribution in [2.24, 2.45) is 0 Å². The van der Waals surface area contributed by atoms with Crippen molar-refractivity contribution in [3.8, 4) is 0 Å². The number of halogens is 2. The van der Waals surface area contributed by atoms with Crippen molar-refractivity contribution < 1.29 is 9.72 Å². The smallest absolute Gasteiger partial charge is 0.271 e. The number of nitrogens with zero attached hydrogens (tertiary/aromatic N) is 2. The molecule has 0 saturated carbocycles. The summed E-state index contributed by atoms with van der Waals surface area (Å²) in [6.07, 6.45) is 1.51. The van der Waals surface area contributed by atoms with Gasteiger partial charge in [0.2, 0.25) is 0 Å². The van der Waals surface area contributed by atoms with Crippen LogP contribution >= 0.6 is 27.5 Å². The number of non-ortho nitro benzene ring substituents is 1. The second kappa shape index (κ2) is 5.88. The van der Waals surface area contributed by atoms with E-state index < -0.39 is 4.92 Å². The Morgan fingerprint density at radius 1 is 1.37 bits per heavy atom. The fourth-order valence-electron chi connectivity index (χ4n) is 2.04. The Balaban J connectivity index is 2.21. The molecule has 5 nitrogen and oxygen atoms in total. The molecule has 0 bridgehead atoms. The van der Waals surface area contributed by atoms with Crippen molar-refractivity contribution in [2.75, 3.05) is 13.1 Å². The third-order valence-corrected chi connectivity index (χ3v) is 3.95. The van der Waals surface area contributed by atoms with Crippen LogP contribution in [0.1, 0.15) is 23.2 Å². The molecule has 0 spiro atoms. The van der Waals surface area contributed by atoms with Crippen LogP contribution in [0.2, 0.25) is 0 Å². The highest BCUT2D eigenvalue weighted by molar-refractivity contribution is 9.10. The number of nitro benzene ring substituents is 1. The van der Waals surface area contributed by atoms with E-state index in [2.05, 4.69) is 15.9 Å². The lowest BCUT2D eigenvalue weighted by Crippen LogP contribution is -2.38. The molecule has 0 aromatic heterocycles. The minimum Gasteiger partial charge on any atom is -0.339 e. The molecule has 1 aromatic carbocycles. The van der Waals surface area contributed by atoms with Gasteiger partial charge in [-0.1, -0.05) is 15.9 Å². The normalized spacial score (nSPS) is 16.4. The molecule has 2 rings (SSSR count). The van der Waals surface area contributed by atoms with Crippen LogP contribution in [0.15, 0.2) is 22.7 Å². The quantitative estimate of drug-likeness (QED) is 0.469. The number of hydrogen-bond donors (Lipinski definition) is 0. The van der Waals surface area contributed by atoms with E-state index in [1.165, 1.54) is 12.1 Å². The maximum absolute atomic E-state index is 12.3. The molecular formula is C12H12BrClN2O3. The summed E-state index contributed by atoms with van der Waals surface area (Å²) in [5.41, 5.74) is 0.235. The predicted molar refractivity (Wildman–Crippen MR) is 75.6 cm³/mol. The Bertz CT molecular complexity index is 516. The van der Waals surface area contributed by atoms with E-state index in [9.17, 15) is 14.9 Å². The molecule has 1 heterocycles. The summed E-state index contributed by atoms with van der Waals surface area (Å²) in [6, 6.07) is 4.28. The first kappa shape index (κ1) is 14.3. The van der Waals surface area contributed by atoms with E-state index in [1.54, 1.807) is 11.0 Å². The van der Waals surface area contributed by atoms with Gasteiger partial charge in [-0.2, -0.15) is 0 Å². The minimum atomic E-state index is -0.507. The minimum absolute atomic E-state index is 0.0926. The van der Waals surface area contributed by atoms with Crippen LogP contribution in [0, 0.1) is 10.1 Å². The van der Waals surface area contributed by atoms with Crippen molar-refractivity contribution in [2.45, 2.75) is 18.2 Å². The molecule has 1 amide bonds. The molecule has 19 heavy (non-hydrogen) atoms. The van der Waals surface area contributed by atoms with Gasteiger partial charge in [-0.25, -0.2) is 0 Å². The molecule has 1 aromatic rings. The first-order chi connectivity index (χ1) is 8.97. The standard InChI is InChI=1S/C12H12BrClN2O3/c13-9-5-8(6-11(7-9)16(18)19)12(17)15-3-1-10(14)2-4-15/h5-7,10H,1-4H2. The summed E-state index contributed by atoms with van der Waals surface area (Å²) >= 11 is 9.18. The summed E-state index contributed by atoms with van der Waals surface area (Å²) in [5, 5.41) is 10.9. The van der Waals surface area contributed by atoms with Crippen LogP contribution in [-0.4, -0.2) is 34.2 Å². The van der Waals surface area contributed by atoms with Gasteiger partial charge < -0.3 is 4.90 Å². The van der Waals surface area contributed by atoms with E-state index in [-0.39, 0.29) is 17.0 Å². The number of rotatable bonds is 2. The zero-order valence-electron chi connectivity index (χ0n) is 10.0. The number of piperidine rings is 1. The Kier molecular flexibility index (Phi) is 4.42. The van der Waals surface area contributed by atoms with Gasteiger partial charge in [-0.3, -0.25) is 14.9 Å². The number of amides is 1. The lowest BCUT2D eigenvalue weighted by Gasteiger charge is -2.29. The van der Waals surface area contributed by atoms with E-state index in [0.717, 1.165) is 12.8 Å². The first-order valence-electron chi connectivity index (χ1n) is 5.85. The molecule has 0 aliphatic carbocycles. The van der Waals surface area contributed by atoms with Crippen LogP contribution in [0.5, 0.6) is 0 Å². The second-order valence-electron chi connectivity index (χ2n) is 4.42. The highest BCUT2D eigenvalue weighted by Gasteiger charge is 2.23. The van der Waals surface area contributed by atoms with Gasteiger partial charge in [-0.05, 0) is 18.9 Å². The fraction of sp³-hybridized carbons (Fsp3) is 0.417. The molecule has 1 fully saturated rings. The van der Waals surface area contributed by atoms with Crippen molar-refractivity contribution in [3.05, 3.63) is 38.3 Å². The monoisotopic (exact) mass is 346 g/mol. The Morgan fingerprint density at radius 3 is 2.58 bits per heavy atom. The van der Waals surface area contributed by atoms with Crippen LogP contribution in [0.25, 0.3) is 0 Å². The number of hydrogen-bond acceptors (Lipinski definition) is 3. The van der Waals surface area contributed by atoms with E-state index in [0.29, 0.717) is 23.1 Å². The molecule has 7 heteroatoms. The molecule has 0 atom stereocenters. The third kappa shape index (κ3) is 3.45. The van der Waals surface area contributed by atoms with Crippen LogP contribution < -0.4 is 0 Å². The largest absolute Gasteiger partial charge is 0.339 e. The van der Waals surface area contributed by atoms with Crippen molar-refractivity contribution in [1.82, 2.24) is 4.90 Å². The van der Waals surface area contributed by atoms with Crippen LogP contribution in [0.3, 0.4) is 0 Å². The molecule has 102 valence electrons. The van der Waals surface area contributed by atoms with Gasteiger partial charge in [0, 0.05) is 40.6 Å². The Morgan fingerprint density at radius 2 is 2.00 bits per heavy atom. The summed E-state index contributed by atoms with van der Waals surface area (Å²) in [7, 11) is 0. The lowest BCUT2D eigenvalue weighted by molar-refractivity contribution is -0.385. The van der Waals surface area contributed by atoms with Crippen LogP contribution in [0.4, 0.5) is 5.69 Å². The predicted octanol–water partition coefficient (Wildman–Crippen LogP) is 3.20. The lowest BCUT2D eigenvalue weighted by atomic mass is 10.1. The Labute approximate surface area is 123 Å². The fourth-order valence-corrected chi connectivity index (χ4v) is 2.71. The molecule has 1 aliphatic rings. The number of carbonyl (C=O) groups excluding carboxylic acids is 1. The van der Waals surface area contributed by atoms with Gasteiger partial charge in [0.15, 0.2) is 0 Å². The average Bonchev–Trinajstić information content (AvgIpc) is 2.38. The van der Waals surface area contributed by atoms with Crippen molar-refractivity contribution in [1.29, 1.82) is 0 Å². The van der Waals surface area contributed by atoms with E-state index >= 15 is 0 Å². The summed E-state index contributed by atoms with van der Waals surface area (Å²) < 4.78 is 0.525.